The third-order valence-electron chi connectivity index (χ3n) is 2.57. The van der Waals surface area contributed by atoms with Crippen LogP contribution in [0.25, 0.3) is 10.9 Å². The highest BCUT2D eigenvalue weighted by atomic mass is 32.1. The molecule has 3 rings (SSSR count). The van der Waals surface area contributed by atoms with E-state index in [2.05, 4.69) is 17.8 Å². The third kappa shape index (κ3) is 1.22. The molecule has 1 aromatic carbocycles. The normalized spacial score (nSPS) is 14.7. The number of pyridine rings is 1. The lowest BCUT2D eigenvalue weighted by atomic mass is 10.1. The first-order valence-electron chi connectivity index (χ1n) is 4.65. The van der Waals surface area contributed by atoms with Crippen molar-refractivity contribution in [1.82, 2.24) is 9.29 Å². The van der Waals surface area contributed by atoms with E-state index in [0.717, 1.165) is 16.6 Å². The molecule has 74 valence electrons. The van der Waals surface area contributed by atoms with Crippen molar-refractivity contribution in [2.45, 2.75) is 6.54 Å². The Morgan fingerprint density at radius 1 is 1.33 bits per heavy atom. The van der Waals surface area contributed by atoms with Crippen molar-refractivity contribution in [3.8, 4) is 0 Å². The van der Waals surface area contributed by atoms with Gasteiger partial charge in [-0.1, -0.05) is 31.0 Å². The first-order valence-corrected chi connectivity index (χ1v) is 5.05. The number of hydrogen-bond acceptors (Lipinski definition) is 3. The fourth-order valence-electron chi connectivity index (χ4n) is 1.81. The van der Waals surface area contributed by atoms with E-state index in [1.807, 2.05) is 30.3 Å². The van der Waals surface area contributed by atoms with Gasteiger partial charge in [0.25, 0.3) is 5.91 Å². The van der Waals surface area contributed by atoms with Gasteiger partial charge < -0.3 is 0 Å². The molecule has 0 spiro atoms. The number of carbonyl (C=O) groups is 1. The van der Waals surface area contributed by atoms with Gasteiger partial charge >= 0.3 is 0 Å². The van der Waals surface area contributed by atoms with E-state index in [9.17, 15) is 4.79 Å². The smallest absolute Gasteiger partial charge is 0.265 e. The van der Waals surface area contributed by atoms with Crippen LogP contribution in [0.15, 0.2) is 30.3 Å². The lowest BCUT2D eigenvalue weighted by molar-refractivity contribution is 0.0891. The van der Waals surface area contributed by atoms with Crippen LogP contribution in [-0.2, 0) is 6.54 Å². The highest BCUT2D eigenvalue weighted by Crippen LogP contribution is 2.25. The van der Waals surface area contributed by atoms with Crippen LogP contribution in [0.2, 0.25) is 0 Å². The van der Waals surface area contributed by atoms with Crippen LogP contribution < -0.4 is 0 Å². The number of amides is 1. The molecule has 1 aliphatic rings. The summed E-state index contributed by atoms with van der Waals surface area (Å²) in [4.78, 5) is 16.1. The second-order valence-electron chi connectivity index (χ2n) is 3.54. The molecule has 0 aliphatic carbocycles. The van der Waals surface area contributed by atoms with E-state index in [1.165, 1.54) is 4.31 Å². The van der Waals surface area contributed by atoms with Gasteiger partial charge in [-0.3, -0.25) is 14.1 Å². The van der Waals surface area contributed by atoms with Crippen molar-refractivity contribution < 1.29 is 4.79 Å². The zero-order valence-corrected chi connectivity index (χ0v) is 8.74. The molecule has 3 nitrogen and oxygen atoms in total. The molecule has 0 unspecified atom stereocenters. The van der Waals surface area contributed by atoms with E-state index in [-0.39, 0.29) is 5.91 Å². The molecule has 0 fully saturated rings. The molecule has 2 heterocycles. The molecule has 1 aromatic heterocycles. The molecule has 1 aliphatic heterocycles. The van der Waals surface area contributed by atoms with E-state index in [1.54, 1.807) is 0 Å². The number of para-hydroxylation sites is 1. The number of thiol groups is 1. The van der Waals surface area contributed by atoms with E-state index in [0.29, 0.717) is 12.1 Å². The molecule has 0 radical (unpaired) electrons. The summed E-state index contributed by atoms with van der Waals surface area (Å²) in [7, 11) is 0. The van der Waals surface area contributed by atoms with Crippen molar-refractivity contribution in [3.63, 3.8) is 0 Å². The summed E-state index contributed by atoms with van der Waals surface area (Å²) in [6.45, 7) is 0.488. The molecule has 0 N–H and O–H groups in total. The molecule has 2 aromatic rings. The van der Waals surface area contributed by atoms with Crippen molar-refractivity contribution >= 4 is 29.6 Å². The number of rotatable bonds is 0. The average Bonchev–Trinajstić information content (AvgIpc) is 2.52. The molecule has 15 heavy (non-hydrogen) atoms. The number of aromatic nitrogens is 1. The second kappa shape index (κ2) is 2.97. The lowest BCUT2D eigenvalue weighted by Crippen LogP contribution is -2.11. The zero-order chi connectivity index (χ0) is 10.4. The van der Waals surface area contributed by atoms with Gasteiger partial charge in [-0.2, -0.15) is 0 Å². The maximum Gasteiger partial charge on any atom is 0.265 e. The topological polar surface area (TPSA) is 33.2 Å². The second-order valence-corrected chi connectivity index (χ2v) is 4.02. The molecular formula is C11H8N2OS. The Balaban J connectivity index is 2.32. The Labute approximate surface area is 92.3 Å². The Hall–Kier alpha value is -1.55. The van der Waals surface area contributed by atoms with Crippen LogP contribution in [0.3, 0.4) is 0 Å². The first-order chi connectivity index (χ1) is 7.25. The molecule has 4 heteroatoms. The van der Waals surface area contributed by atoms with Gasteiger partial charge in [-0.15, -0.1) is 0 Å². The number of fused-ring (bicyclic) bond motifs is 2. The highest BCUT2D eigenvalue weighted by Gasteiger charge is 2.26. The SMILES string of the molecule is O=C1c2cc3ccccc3nc2CN1S. The maximum absolute atomic E-state index is 11.6. The molecule has 0 saturated carbocycles. The third-order valence-corrected chi connectivity index (χ3v) is 2.89. The highest BCUT2D eigenvalue weighted by molar-refractivity contribution is 7.78. The van der Waals surface area contributed by atoms with Crippen molar-refractivity contribution in [2.75, 3.05) is 0 Å². The molecule has 0 bridgehead atoms. The van der Waals surface area contributed by atoms with E-state index < -0.39 is 0 Å². The van der Waals surface area contributed by atoms with Gasteiger partial charge in [-0.25, -0.2) is 0 Å². The quantitative estimate of drug-likeness (QED) is 0.684. The van der Waals surface area contributed by atoms with Crippen LogP contribution in [0.4, 0.5) is 0 Å². The Morgan fingerprint density at radius 2 is 2.13 bits per heavy atom. The number of hydrogen-bond donors (Lipinski definition) is 1. The van der Waals surface area contributed by atoms with Crippen LogP contribution in [0.1, 0.15) is 16.1 Å². The van der Waals surface area contributed by atoms with Gasteiger partial charge in [0.2, 0.25) is 0 Å². The summed E-state index contributed by atoms with van der Waals surface area (Å²) < 4.78 is 1.39. The molecule has 0 saturated heterocycles. The van der Waals surface area contributed by atoms with Gasteiger partial charge in [0.1, 0.15) is 0 Å². The maximum atomic E-state index is 11.6. The van der Waals surface area contributed by atoms with E-state index >= 15 is 0 Å². The number of nitrogens with zero attached hydrogens (tertiary/aromatic N) is 2. The molecule has 1 amide bonds. The summed E-state index contributed by atoms with van der Waals surface area (Å²) in [5.74, 6) is -0.0633. The predicted molar refractivity (Wildman–Crippen MR) is 60.6 cm³/mol. The average molecular weight is 216 g/mol. The molecular weight excluding hydrogens is 208 g/mol. The van der Waals surface area contributed by atoms with Crippen molar-refractivity contribution in [1.29, 1.82) is 0 Å². The summed E-state index contributed by atoms with van der Waals surface area (Å²) in [5.41, 5.74) is 2.41. The Kier molecular flexibility index (Phi) is 1.73. The van der Waals surface area contributed by atoms with Crippen molar-refractivity contribution in [3.05, 3.63) is 41.6 Å². The summed E-state index contributed by atoms with van der Waals surface area (Å²) >= 11 is 4.08. The minimum Gasteiger partial charge on any atom is -0.279 e. The Morgan fingerprint density at radius 3 is 3.00 bits per heavy atom. The Bertz CT molecular complexity index is 568. The standard InChI is InChI=1S/C11H8N2OS/c14-11-8-5-7-3-1-2-4-9(7)12-10(8)6-13(11)15/h1-5,15H,6H2. The number of carbonyl (C=O) groups excluding carboxylic acids is 1. The largest absolute Gasteiger partial charge is 0.279 e. The van der Waals surface area contributed by atoms with Gasteiger partial charge in [0.15, 0.2) is 0 Å². The molecule has 0 atom stereocenters. The lowest BCUT2D eigenvalue weighted by Gasteiger charge is -2.01. The van der Waals surface area contributed by atoms with Gasteiger partial charge in [0, 0.05) is 5.39 Å². The fraction of sp³-hybridized carbons (Fsp3) is 0.0909. The fourth-order valence-corrected chi connectivity index (χ4v) is 2.06. The van der Waals surface area contributed by atoms with Crippen LogP contribution >= 0.6 is 12.8 Å². The summed E-state index contributed by atoms with van der Waals surface area (Å²) in [6, 6.07) is 9.67. The van der Waals surface area contributed by atoms with Gasteiger partial charge in [-0.05, 0) is 12.1 Å². The van der Waals surface area contributed by atoms with Crippen LogP contribution in [0.5, 0.6) is 0 Å². The van der Waals surface area contributed by atoms with Crippen LogP contribution in [-0.4, -0.2) is 15.2 Å². The minimum absolute atomic E-state index is 0.0633. The van der Waals surface area contributed by atoms with E-state index in [4.69, 9.17) is 0 Å². The van der Waals surface area contributed by atoms with Gasteiger partial charge in [0.05, 0.1) is 23.3 Å². The predicted octanol–water partition coefficient (Wildman–Crippen LogP) is 2.04. The van der Waals surface area contributed by atoms with Crippen molar-refractivity contribution in [2.24, 2.45) is 0 Å². The van der Waals surface area contributed by atoms with Crippen LogP contribution in [0, 0.1) is 0 Å². The number of benzene rings is 1. The minimum atomic E-state index is -0.0633. The summed E-state index contributed by atoms with van der Waals surface area (Å²) in [6.07, 6.45) is 0. The first kappa shape index (κ1) is 8.73. The monoisotopic (exact) mass is 216 g/mol. The zero-order valence-electron chi connectivity index (χ0n) is 7.84. The summed E-state index contributed by atoms with van der Waals surface area (Å²) in [5, 5.41) is 0.994.